The molecule has 0 aliphatic heterocycles. The summed E-state index contributed by atoms with van der Waals surface area (Å²) in [5.74, 6) is 0. The zero-order valence-electron chi connectivity index (χ0n) is 20.0. The lowest BCUT2D eigenvalue weighted by atomic mass is 9.81. The molecule has 0 N–H and O–H groups in total. The molecule has 4 heteroatoms. The number of pyridine rings is 1. The number of nitrogens with zero attached hydrogens (tertiary/aromatic N) is 3. The first kappa shape index (κ1) is 21.2. The molecule has 0 amide bonds. The summed E-state index contributed by atoms with van der Waals surface area (Å²) in [5.41, 5.74) is 9.88. The number of aromatic nitrogens is 3. The van der Waals surface area contributed by atoms with Gasteiger partial charge in [-0.2, -0.15) is 0 Å². The zero-order chi connectivity index (χ0) is 24.4. The van der Waals surface area contributed by atoms with Crippen LogP contribution < -0.4 is 0 Å². The van der Waals surface area contributed by atoms with Gasteiger partial charge in [0.2, 0.25) is 5.28 Å². The average Bonchev–Trinajstić information content (AvgIpc) is 3.13. The summed E-state index contributed by atoms with van der Waals surface area (Å²) in [5, 5.41) is 3.63. The second kappa shape index (κ2) is 7.71. The first-order valence-electron chi connectivity index (χ1n) is 12.1. The minimum Gasteiger partial charge on any atom is -0.256 e. The SMILES string of the molecule is CC1(C)c2cc(-c3nccc4ccccc34)ccc2-c2ccc(-c3nc(Cl)nc4ccccc34)cc21. The van der Waals surface area contributed by atoms with Gasteiger partial charge >= 0.3 is 0 Å². The van der Waals surface area contributed by atoms with Gasteiger partial charge in [-0.1, -0.05) is 80.6 Å². The van der Waals surface area contributed by atoms with Crippen molar-refractivity contribution in [2.45, 2.75) is 19.3 Å². The summed E-state index contributed by atoms with van der Waals surface area (Å²) in [6.07, 6.45) is 1.90. The Morgan fingerprint density at radius 1 is 0.639 bits per heavy atom. The molecule has 6 aromatic rings. The minimum atomic E-state index is -0.173. The Morgan fingerprint density at radius 2 is 1.28 bits per heavy atom. The van der Waals surface area contributed by atoms with Crippen LogP contribution in [0.15, 0.2) is 97.2 Å². The van der Waals surface area contributed by atoms with Crippen LogP contribution in [0.2, 0.25) is 5.28 Å². The predicted octanol–water partition coefficient (Wildman–Crippen LogP) is 8.47. The lowest BCUT2D eigenvalue weighted by molar-refractivity contribution is 0.661. The molecule has 2 heterocycles. The van der Waals surface area contributed by atoms with Gasteiger partial charge in [0.15, 0.2) is 0 Å². The van der Waals surface area contributed by atoms with Crippen molar-refractivity contribution in [1.29, 1.82) is 0 Å². The average molecular weight is 484 g/mol. The summed E-state index contributed by atoms with van der Waals surface area (Å²) in [4.78, 5) is 13.8. The Hall–Kier alpha value is -4.08. The number of para-hydroxylation sites is 1. The van der Waals surface area contributed by atoms with Crippen molar-refractivity contribution in [1.82, 2.24) is 15.0 Å². The van der Waals surface area contributed by atoms with Crippen molar-refractivity contribution < 1.29 is 0 Å². The second-order valence-corrected chi connectivity index (χ2v) is 10.2. The normalized spacial score (nSPS) is 13.6. The monoisotopic (exact) mass is 483 g/mol. The van der Waals surface area contributed by atoms with Gasteiger partial charge in [-0.25, -0.2) is 9.97 Å². The standard InChI is InChI=1S/C32H22ClN3/c1-32(2)26-17-20(29-22-8-4-3-7-19(22)15-16-34-29)11-13-23(26)24-14-12-21(18-27(24)32)30-25-9-5-6-10-28(25)35-31(33)36-30/h3-18H,1-2H3. The third-order valence-electron chi connectivity index (χ3n) is 7.47. The van der Waals surface area contributed by atoms with Crippen LogP contribution in [-0.4, -0.2) is 15.0 Å². The van der Waals surface area contributed by atoms with Gasteiger partial charge in [-0.15, -0.1) is 0 Å². The molecule has 0 radical (unpaired) electrons. The van der Waals surface area contributed by atoms with E-state index in [9.17, 15) is 0 Å². The van der Waals surface area contributed by atoms with Gasteiger partial charge in [-0.3, -0.25) is 4.98 Å². The molecule has 0 saturated carbocycles. The Morgan fingerprint density at radius 3 is 2.03 bits per heavy atom. The van der Waals surface area contributed by atoms with E-state index in [1.165, 1.54) is 33.0 Å². The molecule has 1 aliphatic carbocycles. The Labute approximate surface area is 214 Å². The summed E-state index contributed by atoms with van der Waals surface area (Å²) < 4.78 is 0. The van der Waals surface area contributed by atoms with Crippen molar-refractivity contribution in [2.24, 2.45) is 0 Å². The smallest absolute Gasteiger partial charge is 0.223 e. The number of fused-ring (bicyclic) bond motifs is 5. The summed E-state index contributed by atoms with van der Waals surface area (Å²) in [7, 11) is 0. The maximum Gasteiger partial charge on any atom is 0.223 e. The molecular weight excluding hydrogens is 462 g/mol. The van der Waals surface area contributed by atoms with Gasteiger partial charge < -0.3 is 0 Å². The van der Waals surface area contributed by atoms with E-state index < -0.39 is 0 Å². The fourth-order valence-electron chi connectivity index (χ4n) is 5.65. The third-order valence-corrected chi connectivity index (χ3v) is 7.64. The highest BCUT2D eigenvalue weighted by molar-refractivity contribution is 6.28. The number of rotatable bonds is 2. The summed E-state index contributed by atoms with van der Waals surface area (Å²) >= 11 is 6.31. The molecule has 2 aromatic heterocycles. The summed E-state index contributed by atoms with van der Waals surface area (Å²) in [6, 6.07) is 31.9. The Balaban J connectivity index is 1.39. The van der Waals surface area contributed by atoms with Crippen molar-refractivity contribution >= 4 is 33.3 Å². The predicted molar refractivity (Wildman–Crippen MR) is 148 cm³/mol. The lowest BCUT2D eigenvalue weighted by Gasteiger charge is -2.22. The van der Waals surface area contributed by atoms with Crippen LogP contribution in [0.1, 0.15) is 25.0 Å². The van der Waals surface area contributed by atoms with Crippen LogP contribution in [0, 0.1) is 0 Å². The van der Waals surface area contributed by atoms with Gasteiger partial charge in [0.1, 0.15) is 0 Å². The molecule has 36 heavy (non-hydrogen) atoms. The highest BCUT2D eigenvalue weighted by Gasteiger charge is 2.36. The molecule has 1 aliphatic rings. The van der Waals surface area contributed by atoms with Crippen LogP contribution in [0.4, 0.5) is 0 Å². The van der Waals surface area contributed by atoms with E-state index in [0.29, 0.717) is 0 Å². The van der Waals surface area contributed by atoms with E-state index in [-0.39, 0.29) is 10.7 Å². The van der Waals surface area contributed by atoms with Crippen LogP contribution in [0.3, 0.4) is 0 Å². The number of hydrogen-bond donors (Lipinski definition) is 0. The van der Waals surface area contributed by atoms with Crippen molar-refractivity contribution in [2.75, 3.05) is 0 Å². The van der Waals surface area contributed by atoms with Gasteiger partial charge in [-0.05, 0) is 63.5 Å². The highest BCUT2D eigenvalue weighted by Crippen LogP contribution is 2.51. The van der Waals surface area contributed by atoms with Crippen LogP contribution in [0.5, 0.6) is 0 Å². The van der Waals surface area contributed by atoms with Gasteiger partial charge in [0.05, 0.1) is 16.9 Å². The summed E-state index contributed by atoms with van der Waals surface area (Å²) in [6.45, 7) is 4.60. The number of halogens is 1. The van der Waals surface area contributed by atoms with Crippen molar-refractivity contribution in [3.8, 4) is 33.6 Å². The molecule has 0 saturated heterocycles. The first-order valence-corrected chi connectivity index (χ1v) is 12.4. The molecule has 4 aromatic carbocycles. The molecule has 0 bridgehead atoms. The zero-order valence-corrected chi connectivity index (χ0v) is 20.7. The van der Waals surface area contributed by atoms with E-state index >= 15 is 0 Å². The topological polar surface area (TPSA) is 38.7 Å². The van der Waals surface area contributed by atoms with E-state index in [1.54, 1.807) is 0 Å². The van der Waals surface area contributed by atoms with E-state index in [1.807, 2.05) is 24.4 Å². The largest absolute Gasteiger partial charge is 0.256 e. The molecule has 0 unspecified atom stereocenters. The number of hydrogen-bond acceptors (Lipinski definition) is 3. The molecule has 0 fully saturated rings. The van der Waals surface area contributed by atoms with E-state index in [2.05, 4.69) is 96.6 Å². The van der Waals surface area contributed by atoms with Crippen LogP contribution >= 0.6 is 11.6 Å². The molecule has 0 spiro atoms. The van der Waals surface area contributed by atoms with Gasteiger partial charge in [0, 0.05) is 33.5 Å². The first-order chi connectivity index (χ1) is 17.5. The van der Waals surface area contributed by atoms with Crippen molar-refractivity contribution in [3.05, 3.63) is 114 Å². The fourth-order valence-corrected chi connectivity index (χ4v) is 5.83. The lowest BCUT2D eigenvalue weighted by Crippen LogP contribution is -2.15. The second-order valence-electron chi connectivity index (χ2n) is 9.88. The van der Waals surface area contributed by atoms with Gasteiger partial charge in [0.25, 0.3) is 0 Å². The maximum absolute atomic E-state index is 6.31. The van der Waals surface area contributed by atoms with Crippen LogP contribution in [0.25, 0.3) is 55.3 Å². The molecule has 0 atom stereocenters. The quantitative estimate of drug-likeness (QED) is 0.232. The van der Waals surface area contributed by atoms with E-state index in [4.69, 9.17) is 16.6 Å². The Bertz CT molecular complexity index is 1830. The fraction of sp³-hybridized carbons (Fsp3) is 0.0938. The van der Waals surface area contributed by atoms with Crippen molar-refractivity contribution in [3.63, 3.8) is 0 Å². The highest BCUT2D eigenvalue weighted by atomic mass is 35.5. The molecule has 7 rings (SSSR count). The molecule has 172 valence electrons. The van der Waals surface area contributed by atoms with E-state index in [0.717, 1.165) is 33.4 Å². The Kier molecular flexibility index (Phi) is 4.54. The number of benzene rings is 4. The molecule has 3 nitrogen and oxygen atoms in total. The maximum atomic E-state index is 6.31. The molecular formula is C32H22ClN3. The minimum absolute atomic E-state index is 0.173. The van der Waals surface area contributed by atoms with Crippen LogP contribution in [-0.2, 0) is 5.41 Å². The third kappa shape index (κ3) is 3.09.